The predicted molar refractivity (Wildman–Crippen MR) is 130 cm³/mol. The number of carbonyl (C=O) groups is 3. The van der Waals surface area contributed by atoms with Crippen LogP contribution in [-0.2, 0) is 25.7 Å². The molecule has 0 unspecified atom stereocenters. The number of carbonyl (C=O) groups excluding carboxylic acids is 1. The Hall–Kier alpha value is -2.49. The molecule has 9 nitrogen and oxygen atoms in total. The van der Waals surface area contributed by atoms with Crippen LogP contribution in [0.2, 0.25) is 0 Å². The molecule has 2 fully saturated rings. The molecule has 9 heteroatoms. The minimum atomic E-state index is -0.833. The summed E-state index contributed by atoms with van der Waals surface area (Å²) in [4.78, 5) is 33.3. The number of nitrogens with two attached hydrogens (primary N) is 1. The summed E-state index contributed by atoms with van der Waals surface area (Å²) < 4.78 is 5.49. The fourth-order valence-corrected chi connectivity index (χ4v) is 4.07. The van der Waals surface area contributed by atoms with E-state index in [1.165, 1.54) is 11.1 Å². The first-order valence-electron chi connectivity index (χ1n) is 11.8. The monoisotopic (exact) mass is 479 g/mol. The molecule has 0 aromatic heterocycles. The standard InChI is InChI=1S/C21H33N3O2.2C2H4O2/c1-15-3-4-17(11-16(15)2)12-23-21(25)18-5-6-19(22)14-24(13-18)20-7-9-26-10-8-20;2*1-2(3)4/h3-4,11,18-20H,5-10,12-14,22H2,1-2H3,(H,23,25);2*1H3,(H,3,4)/t18-,19+;;/m1../s1. The maximum atomic E-state index is 12.8. The van der Waals surface area contributed by atoms with Gasteiger partial charge in [0.1, 0.15) is 0 Å². The lowest BCUT2D eigenvalue weighted by atomic mass is 10.00. The first-order valence-corrected chi connectivity index (χ1v) is 11.8. The number of benzene rings is 1. The Morgan fingerprint density at radius 2 is 1.59 bits per heavy atom. The maximum absolute atomic E-state index is 12.8. The molecule has 0 aliphatic carbocycles. The number of nitrogens with zero attached hydrogens (tertiary/aromatic N) is 1. The molecular weight excluding hydrogens is 438 g/mol. The maximum Gasteiger partial charge on any atom is 0.300 e. The number of carboxylic acids is 2. The average Bonchev–Trinajstić information content (AvgIpc) is 2.96. The Labute approximate surface area is 202 Å². The minimum Gasteiger partial charge on any atom is -0.481 e. The average molecular weight is 480 g/mol. The predicted octanol–water partition coefficient (Wildman–Crippen LogP) is 2.32. The van der Waals surface area contributed by atoms with Crippen molar-refractivity contribution in [1.82, 2.24) is 10.2 Å². The number of hydrogen-bond donors (Lipinski definition) is 4. The van der Waals surface area contributed by atoms with E-state index >= 15 is 0 Å². The Morgan fingerprint density at radius 1 is 1.00 bits per heavy atom. The molecule has 0 spiro atoms. The van der Waals surface area contributed by atoms with Gasteiger partial charge < -0.3 is 26.0 Å². The molecule has 1 aromatic rings. The zero-order valence-electron chi connectivity index (χ0n) is 20.9. The van der Waals surface area contributed by atoms with Crippen LogP contribution in [0.1, 0.15) is 56.2 Å². The summed E-state index contributed by atoms with van der Waals surface area (Å²) in [6.45, 7) is 10.3. The molecule has 2 heterocycles. The number of hydrogen-bond acceptors (Lipinski definition) is 6. The number of likely N-dealkylation sites (tertiary alicyclic amines) is 1. The van der Waals surface area contributed by atoms with Gasteiger partial charge in [-0.05, 0) is 56.2 Å². The smallest absolute Gasteiger partial charge is 0.300 e. The van der Waals surface area contributed by atoms with E-state index in [0.717, 1.165) is 71.4 Å². The van der Waals surface area contributed by atoms with Crippen LogP contribution in [0.3, 0.4) is 0 Å². The zero-order valence-corrected chi connectivity index (χ0v) is 20.9. The van der Waals surface area contributed by atoms with E-state index in [9.17, 15) is 4.79 Å². The van der Waals surface area contributed by atoms with Gasteiger partial charge in [-0.1, -0.05) is 18.2 Å². The van der Waals surface area contributed by atoms with E-state index in [1.807, 2.05) is 0 Å². The van der Waals surface area contributed by atoms with E-state index in [2.05, 4.69) is 42.3 Å². The van der Waals surface area contributed by atoms with Crippen LogP contribution in [0.5, 0.6) is 0 Å². The van der Waals surface area contributed by atoms with Crippen LogP contribution >= 0.6 is 0 Å². The van der Waals surface area contributed by atoms with Crippen LogP contribution < -0.4 is 11.1 Å². The van der Waals surface area contributed by atoms with Crippen molar-refractivity contribution >= 4 is 17.8 Å². The van der Waals surface area contributed by atoms with Gasteiger partial charge in [0, 0.05) is 58.8 Å². The van der Waals surface area contributed by atoms with Gasteiger partial charge in [0.05, 0.1) is 5.92 Å². The molecule has 0 bridgehead atoms. The number of carboxylic acid groups (broad SMARTS) is 2. The van der Waals surface area contributed by atoms with Gasteiger partial charge >= 0.3 is 0 Å². The van der Waals surface area contributed by atoms with Gasteiger partial charge in [-0.2, -0.15) is 0 Å². The minimum absolute atomic E-state index is 0.0259. The second-order valence-corrected chi connectivity index (χ2v) is 9.01. The highest BCUT2D eigenvalue weighted by atomic mass is 16.5. The molecular formula is C25H41N3O6. The summed E-state index contributed by atoms with van der Waals surface area (Å²) in [5.41, 5.74) is 9.99. The molecule has 0 radical (unpaired) electrons. The van der Waals surface area contributed by atoms with Crippen molar-refractivity contribution in [3.8, 4) is 0 Å². The number of nitrogens with one attached hydrogen (secondary N) is 1. The molecule has 2 aliphatic rings. The largest absolute Gasteiger partial charge is 0.481 e. The third-order valence-corrected chi connectivity index (χ3v) is 5.93. The zero-order chi connectivity index (χ0) is 25.7. The SMILES string of the molecule is CC(=O)O.CC(=O)O.Cc1ccc(CNC(=O)[C@@H]2CC[C@H](N)CN(C3CCOCC3)C2)cc1C. The van der Waals surface area contributed by atoms with Crippen LogP contribution in [0.25, 0.3) is 0 Å². The highest BCUT2D eigenvalue weighted by molar-refractivity contribution is 5.78. The summed E-state index contributed by atoms with van der Waals surface area (Å²) >= 11 is 0. The molecule has 1 amide bonds. The van der Waals surface area contributed by atoms with Crippen LogP contribution in [-0.4, -0.2) is 71.3 Å². The lowest BCUT2D eigenvalue weighted by Gasteiger charge is -2.35. The first-order chi connectivity index (χ1) is 16.0. The van der Waals surface area contributed by atoms with Gasteiger partial charge in [-0.25, -0.2) is 0 Å². The molecule has 2 saturated heterocycles. The van der Waals surface area contributed by atoms with Gasteiger partial charge in [0.25, 0.3) is 11.9 Å². The van der Waals surface area contributed by atoms with Crippen LogP contribution in [0, 0.1) is 19.8 Å². The number of aryl methyl sites for hydroxylation is 2. The summed E-state index contributed by atoms with van der Waals surface area (Å²) in [6, 6.07) is 7.04. The third kappa shape index (κ3) is 12.1. The summed E-state index contributed by atoms with van der Waals surface area (Å²) in [7, 11) is 0. The van der Waals surface area contributed by atoms with Crippen LogP contribution in [0.15, 0.2) is 18.2 Å². The topological polar surface area (TPSA) is 142 Å². The molecule has 34 heavy (non-hydrogen) atoms. The fourth-order valence-electron chi connectivity index (χ4n) is 4.07. The lowest BCUT2D eigenvalue weighted by molar-refractivity contribution is -0.135. The second-order valence-electron chi connectivity index (χ2n) is 9.01. The molecule has 2 atom stereocenters. The Kier molecular flexibility index (Phi) is 13.4. The second kappa shape index (κ2) is 15.4. The summed E-state index contributed by atoms with van der Waals surface area (Å²) in [5.74, 6) is -1.48. The van der Waals surface area contributed by atoms with Gasteiger partial charge in [0.15, 0.2) is 0 Å². The Balaban J connectivity index is 0.000000629. The Bertz CT molecular complexity index is 775. The highest BCUT2D eigenvalue weighted by Gasteiger charge is 2.31. The van der Waals surface area contributed by atoms with E-state index in [4.69, 9.17) is 30.3 Å². The fraction of sp³-hybridized carbons (Fsp3) is 0.640. The van der Waals surface area contributed by atoms with Crippen molar-refractivity contribution in [1.29, 1.82) is 0 Å². The lowest BCUT2D eigenvalue weighted by Crippen LogP contribution is -2.47. The molecule has 2 aliphatic heterocycles. The van der Waals surface area contributed by atoms with Gasteiger partial charge in [-0.15, -0.1) is 0 Å². The normalized spacial score (nSPS) is 21.1. The molecule has 1 aromatic carbocycles. The van der Waals surface area contributed by atoms with Crippen molar-refractivity contribution in [2.24, 2.45) is 11.7 Å². The van der Waals surface area contributed by atoms with Crippen molar-refractivity contribution in [3.05, 3.63) is 34.9 Å². The van der Waals surface area contributed by atoms with E-state index < -0.39 is 11.9 Å². The van der Waals surface area contributed by atoms with Crippen molar-refractivity contribution in [2.45, 2.75) is 72.0 Å². The molecule has 192 valence electrons. The number of amides is 1. The van der Waals surface area contributed by atoms with Crippen molar-refractivity contribution < 1.29 is 29.3 Å². The van der Waals surface area contributed by atoms with Crippen molar-refractivity contribution in [3.63, 3.8) is 0 Å². The van der Waals surface area contributed by atoms with Crippen LogP contribution in [0.4, 0.5) is 0 Å². The van der Waals surface area contributed by atoms with Gasteiger partial charge in [-0.3, -0.25) is 19.3 Å². The first kappa shape index (κ1) is 29.5. The third-order valence-electron chi connectivity index (χ3n) is 5.93. The molecule has 3 rings (SSSR count). The number of rotatable bonds is 4. The number of aliphatic carboxylic acids is 2. The van der Waals surface area contributed by atoms with E-state index in [-0.39, 0.29) is 17.9 Å². The highest BCUT2D eigenvalue weighted by Crippen LogP contribution is 2.22. The van der Waals surface area contributed by atoms with Crippen molar-refractivity contribution in [2.75, 3.05) is 26.3 Å². The quantitative estimate of drug-likeness (QED) is 0.515. The molecule has 5 N–H and O–H groups in total. The number of ether oxygens (including phenoxy) is 1. The summed E-state index contributed by atoms with van der Waals surface area (Å²) in [5, 5.41) is 18.0. The molecule has 0 saturated carbocycles. The summed E-state index contributed by atoms with van der Waals surface area (Å²) in [6.07, 6.45) is 3.88. The Morgan fingerprint density at radius 3 is 2.15 bits per heavy atom. The van der Waals surface area contributed by atoms with E-state index in [0.29, 0.717) is 12.6 Å². The van der Waals surface area contributed by atoms with E-state index in [1.54, 1.807) is 0 Å². The van der Waals surface area contributed by atoms with Gasteiger partial charge in [0.2, 0.25) is 5.91 Å².